The summed E-state index contributed by atoms with van der Waals surface area (Å²) < 4.78 is 1.36. The molecule has 1 saturated carbocycles. The highest BCUT2D eigenvalue weighted by atomic mass is 16.2. The molecule has 0 spiro atoms. The zero-order valence-corrected chi connectivity index (χ0v) is 11.5. The Labute approximate surface area is 112 Å². The molecule has 1 aromatic rings. The Morgan fingerprint density at radius 3 is 2.74 bits per heavy atom. The molecule has 0 aliphatic heterocycles. The van der Waals surface area contributed by atoms with Crippen molar-refractivity contribution in [3.63, 3.8) is 0 Å². The Morgan fingerprint density at radius 1 is 1.42 bits per heavy atom. The van der Waals surface area contributed by atoms with Crippen molar-refractivity contribution in [3.05, 3.63) is 20.8 Å². The molecule has 2 atom stereocenters. The number of nitrogens with two attached hydrogens (primary N) is 1. The molecule has 0 amide bonds. The van der Waals surface area contributed by atoms with E-state index >= 15 is 0 Å². The highest BCUT2D eigenvalue weighted by Crippen LogP contribution is 2.31. The van der Waals surface area contributed by atoms with Gasteiger partial charge in [0.15, 0.2) is 0 Å². The first-order valence-electron chi connectivity index (χ1n) is 6.91. The molecule has 0 bridgehead atoms. The zero-order valence-electron chi connectivity index (χ0n) is 11.5. The van der Waals surface area contributed by atoms with Gasteiger partial charge in [0, 0.05) is 13.1 Å². The summed E-state index contributed by atoms with van der Waals surface area (Å²) in [4.78, 5) is 25.7. The highest BCUT2D eigenvalue weighted by molar-refractivity contribution is 5.60. The average molecular weight is 266 g/mol. The highest BCUT2D eigenvalue weighted by Gasteiger charge is 2.23. The zero-order chi connectivity index (χ0) is 14.0. The Kier molecular flexibility index (Phi) is 3.97. The van der Waals surface area contributed by atoms with E-state index in [0.717, 1.165) is 6.54 Å². The number of nitrogens with one attached hydrogen (secondary N) is 2. The van der Waals surface area contributed by atoms with Gasteiger partial charge in [-0.05, 0) is 25.2 Å². The molecule has 1 aliphatic rings. The van der Waals surface area contributed by atoms with E-state index in [4.69, 9.17) is 5.73 Å². The quantitative estimate of drug-likeness (QED) is 0.757. The molecule has 1 aliphatic carbocycles. The van der Waals surface area contributed by atoms with Crippen LogP contribution in [0.4, 0.5) is 11.5 Å². The van der Waals surface area contributed by atoms with E-state index in [2.05, 4.69) is 17.2 Å². The summed E-state index contributed by atoms with van der Waals surface area (Å²) >= 11 is 0. The lowest BCUT2D eigenvalue weighted by Gasteiger charge is -2.18. The predicted octanol–water partition coefficient (Wildman–Crippen LogP) is 0.987. The molecule has 0 saturated heterocycles. The van der Waals surface area contributed by atoms with Crippen LogP contribution in [-0.2, 0) is 6.54 Å². The van der Waals surface area contributed by atoms with E-state index in [1.165, 1.54) is 23.8 Å². The van der Waals surface area contributed by atoms with E-state index in [-0.39, 0.29) is 5.82 Å². The Hall–Kier alpha value is -1.72. The number of aromatic amines is 1. The van der Waals surface area contributed by atoms with Gasteiger partial charge < -0.3 is 11.1 Å². The van der Waals surface area contributed by atoms with Gasteiger partial charge in [-0.1, -0.05) is 19.8 Å². The normalized spacial score (nSPS) is 22.6. The van der Waals surface area contributed by atoms with Crippen molar-refractivity contribution in [2.75, 3.05) is 17.6 Å². The van der Waals surface area contributed by atoms with Crippen LogP contribution in [0.25, 0.3) is 0 Å². The van der Waals surface area contributed by atoms with Gasteiger partial charge in [0.05, 0.1) is 0 Å². The minimum absolute atomic E-state index is 0.224. The maximum Gasteiger partial charge on any atom is 0.330 e. The third-order valence-corrected chi connectivity index (χ3v) is 4.14. The summed E-state index contributed by atoms with van der Waals surface area (Å²) in [5, 5.41) is 3.13. The second kappa shape index (κ2) is 5.50. The fourth-order valence-corrected chi connectivity index (χ4v) is 2.83. The van der Waals surface area contributed by atoms with Crippen molar-refractivity contribution < 1.29 is 0 Å². The summed E-state index contributed by atoms with van der Waals surface area (Å²) in [6.45, 7) is 5.23. The number of nitrogens with zero attached hydrogens (tertiary/aromatic N) is 1. The summed E-state index contributed by atoms with van der Waals surface area (Å²) in [5.74, 6) is 1.47. The van der Waals surface area contributed by atoms with Crippen LogP contribution in [0.15, 0.2) is 9.59 Å². The van der Waals surface area contributed by atoms with Crippen LogP contribution < -0.4 is 22.3 Å². The maximum atomic E-state index is 11.8. The Balaban J connectivity index is 2.20. The molecular weight excluding hydrogens is 244 g/mol. The topological polar surface area (TPSA) is 92.9 Å². The van der Waals surface area contributed by atoms with Crippen LogP contribution in [0.1, 0.15) is 33.1 Å². The molecule has 6 heteroatoms. The van der Waals surface area contributed by atoms with E-state index < -0.39 is 11.2 Å². The lowest BCUT2D eigenvalue weighted by atomic mass is 9.98. The van der Waals surface area contributed by atoms with Gasteiger partial charge in [-0.25, -0.2) is 4.79 Å². The van der Waals surface area contributed by atoms with Gasteiger partial charge >= 0.3 is 5.69 Å². The largest absolute Gasteiger partial charge is 0.383 e. The summed E-state index contributed by atoms with van der Waals surface area (Å²) in [6.07, 6.45) is 3.67. The lowest BCUT2D eigenvalue weighted by molar-refractivity contribution is 0.439. The molecule has 2 rings (SSSR count). The van der Waals surface area contributed by atoms with Crippen molar-refractivity contribution in [2.24, 2.45) is 11.8 Å². The van der Waals surface area contributed by atoms with Crippen molar-refractivity contribution in [3.8, 4) is 0 Å². The smallest absolute Gasteiger partial charge is 0.330 e. The minimum atomic E-state index is -0.454. The van der Waals surface area contributed by atoms with Crippen molar-refractivity contribution in [1.82, 2.24) is 9.55 Å². The van der Waals surface area contributed by atoms with Crippen molar-refractivity contribution in [2.45, 2.75) is 39.7 Å². The van der Waals surface area contributed by atoms with E-state index in [1.807, 2.05) is 6.92 Å². The van der Waals surface area contributed by atoms with Crippen molar-refractivity contribution in [1.29, 1.82) is 0 Å². The van der Waals surface area contributed by atoms with Gasteiger partial charge in [0.25, 0.3) is 5.56 Å². The molecule has 1 fully saturated rings. The molecule has 4 N–H and O–H groups in total. The number of H-pyrrole nitrogens is 1. The molecule has 0 radical (unpaired) electrons. The summed E-state index contributed by atoms with van der Waals surface area (Å²) in [7, 11) is 0. The van der Waals surface area contributed by atoms with E-state index in [1.54, 1.807) is 0 Å². The van der Waals surface area contributed by atoms with E-state index in [0.29, 0.717) is 24.1 Å². The monoisotopic (exact) mass is 266 g/mol. The van der Waals surface area contributed by atoms with Gasteiger partial charge in [0.2, 0.25) is 0 Å². The number of aromatic nitrogens is 2. The minimum Gasteiger partial charge on any atom is -0.383 e. The fraction of sp³-hybridized carbons (Fsp3) is 0.692. The molecule has 19 heavy (non-hydrogen) atoms. The van der Waals surface area contributed by atoms with Crippen LogP contribution in [0.3, 0.4) is 0 Å². The Morgan fingerprint density at radius 2 is 2.16 bits per heavy atom. The van der Waals surface area contributed by atoms with E-state index in [9.17, 15) is 9.59 Å². The second-order valence-electron chi connectivity index (χ2n) is 5.31. The first-order chi connectivity index (χ1) is 9.04. The molecule has 106 valence electrons. The van der Waals surface area contributed by atoms with Crippen LogP contribution in [0.5, 0.6) is 0 Å². The predicted molar refractivity (Wildman–Crippen MR) is 76.4 cm³/mol. The van der Waals surface area contributed by atoms with Crippen LogP contribution in [-0.4, -0.2) is 16.1 Å². The number of hydrogen-bond donors (Lipinski definition) is 3. The van der Waals surface area contributed by atoms with Gasteiger partial charge in [-0.3, -0.25) is 14.3 Å². The molecule has 0 aromatic carbocycles. The SMILES string of the molecule is CCn1c(N)c(NCC2CCCC2C)c(=O)[nH]c1=O. The first kappa shape index (κ1) is 13.7. The van der Waals surface area contributed by atoms with Crippen LogP contribution in [0, 0.1) is 11.8 Å². The molecule has 1 aromatic heterocycles. The summed E-state index contributed by atoms with van der Waals surface area (Å²) in [6, 6.07) is 0. The number of rotatable bonds is 4. The standard InChI is InChI=1S/C13H22N4O2/c1-3-17-11(14)10(12(18)16-13(17)19)15-7-9-6-4-5-8(9)2/h8-9,15H,3-7,14H2,1-2H3,(H,16,18,19). The summed E-state index contributed by atoms with van der Waals surface area (Å²) in [5.41, 5.74) is 5.33. The first-order valence-corrected chi connectivity index (χ1v) is 6.91. The molecule has 6 nitrogen and oxygen atoms in total. The third-order valence-electron chi connectivity index (χ3n) is 4.14. The van der Waals surface area contributed by atoms with Crippen LogP contribution in [0.2, 0.25) is 0 Å². The Bertz CT molecular complexity index is 561. The van der Waals surface area contributed by atoms with Gasteiger partial charge in [-0.2, -0.15) is 0 Å². The second-order valence-corrected chi connectivity index (χ2v) is 5.31. The van der Waals surface area contributed by atoms with Gasteiger partial charge in [-0.15, -0.1) is 0 Å². The van der Waals surface area contributed by atoms with Crippen LogP contribution >= 0.6 is 0 Å². The molecular formula is C13H22N4O2. The third kappa shape index (κ3) is 2.67. The lowest BCUT2D eigenvalue weighted by Crippen LogP contribution is -2.34. The number of hydrogen-bond acceptors (Lipinski definition) is 4. The number of anilines is 2. The average Bonchev–Trinajstić information content (AvgIpc) is 2.75. The maximum absolute atomic E-state index is 11.8. The molecule has 1 heterocycles. The van der Waals surface area contributed by atoms with Gasteiger partial charge in [0.1, 0.15) is 11.5 Å². The fourth-order valence-electron chi connectivity index (χ4n) is 2.83. The van der Waals surface area contributed by atoms with Crippen molar-refractivity contribution >= 4 is 11.5 Å². The molecule has 2 unspecified atom stereocenters. The number of nitrogen functional groups attached to an aromatic ring is 1.